The SMILES string of the molecule is CC1CCCC(NCc2cnn(CCO)c2)C1. The van der Waals surface area contributed by atoms with E-state index >= 15 is 0 Å². The Morgan fingerprint density at radius 2 is 2.41 bits per heavy atom. The highest BCUT2D eigenvalue weighted by atomic mass is 16.3. The van der Waals surface area contributed by atoms with E-state index in [-0.39, 0.29) is 6.61 Å². The van der Waals surface area contributed by atoms with Gasteiger partial charge in [0, 0.05) is 24.3 Å². The number of nitrogens with one attached hydrogen (secondary N) is 1. The van der Waals surface area contributed by atoms with Crippen molar-refractivity contribution in [1.29, 1.82) is 0 Å². The van der Waals surface area contributed by atoms with Crippen LogP contribution in [-0.4, -0.2) is 27.5 Å². The summed E-state index contributed by atoms with van der Waals surface area (Å²) >= 11 is 0. The van der Waals surface area contributed by atoms with E-state index in [0.29, 0.717) is 12.6 Å². The Balaban J connectivity index is 1.76. The zero-order valence-electron chi connectivity index (χ0n) is 10.6. The molecule has 1 aliphatic carbocycles. The summed E-state index contributed by atoms with van der Waals surface area (Å²) in [6.07, 6.45) is 9.22. The van der Waals surface area contributed by atoms with Gasteiger partial charge in [0.1, 0.15) is 0 Å². The van der Waals surface area contributed by atoms with Gasteiger partial charge in [0.2, 0.25) is 0 Å². The van der Waals surface area contributed by atoms with Gasteiger partial charge in [-0.25, -0.2) is 0 Å². The summed E-state index contributed by atoms with van der Waals surface area (Å²) in [5.41, 5.74) is 1.21. The van der Waals surface area contributed by atoms with Crippen LogP contribution in [0, 0.1) is 5.92 Å². The number of aromatic nitrogens is 2. The molecule has 0 amide bonds. The van der Waals surface area contributed by atoms with Gasteiger partial charge in [-0.2, -0.15) is 5.10 Å². The maximum absolute atomic E-state index is 8.82. The fourth-order valence-electron chi connectivity index (χ4n) is 2.60. The monoisotopic (exact) mass is 237 g/mol. The summed E-state index contributed by atoms with van der Waals surface area (Å²) in [6.45, 7) is 3.96. The minimum atomic E-state index is 0.148. The minimum absolute atomic E-state index is 0.148. The average molecular weight is 237 g/mol. The quantitative estimate of drug-likeness (QED) is 0.817. The number of hydrogen-bond donors (Lipinski definition) is 2. The summed E-state index contributed by atoms with van der Waals surface area (Å²) in [5, 5.41) is 16.6. The van der Waals surface area contributed by atoms with Crippen LogP contribution in [0.25, 0.3) is 0 Å². The first-order valence-corrected chi connectivity index (χ1v) is 6.63. The minimum Gasteiger partial charge on any atom is -0.394 e. The smallest absolute Gasteiger partial charge is 0.0640 e. The highest BCUT2D eigenvalue weighted by Crippen LogP contribution is 2.23. The van der Waals surface area contributed by atoms with Gasteiger partial charge in [-0.05, 0) is 18.8 Å². The third-order valence-corrected chi connectivity index (χ3v) is 3.55. The molecule has 0 aliphatic heterocycles. The largest absolute Gasteiger partial charge is 0.394 e. The average Bonchev–Trinajstić information content (AvgIpc) is 2.75. The summed E-state index contributed by atoms with van der Waals surface area (Å²) < 4.78 is 1.79. The molecule has 1 heterocycles. The highest BCUT2D eigenvalue weighted by molar-refractivity contribution is 5.03. The number of nitrogens with zero attached hydrogens (tertiary/aromatic N) is 2. The van der Waals surface area contributed by atoms with Crippen molar-refractivity contribution in [1.82, 2.24) is 15.1 Å². The van der Waals surface area contributed by atoms with Crippen molar-refractivity contribution in [2.45, 2.75) is 51.7 Å². The zero-order valence-corrected chi connectivity index (χ0v) is 10.6. The Kier molecular flexibility index (Phi) is 4.57. The van der Waals surface area contributed by atoms with Crippen LogP contribution in [0.2, 0.25) is 0 Å². The molecule has 0 bridgehead atoms. The fraction of sp³-hybridized carbons (Fsp3) is 0.769. The lowest BCUT2D eigenvalue weighted by Crippen LogP contribution is -2.32. The molecule has 2 atom stereocenters. The second-order valence-electron chi connectivity index (χ2n) is 5.18. The molecule has 1 fully saturated rings. The second-order valence-corrected chi connectivity index (χ2v) is 5.18. The number of aliphatic hydroxyl groups excluding tert-OH is 1. The number of hydrogen-bond acceptors (Lipinski definition) is 3. The predicted octanol–water partition coefficient (Wildman–Crippen LogP) is 1.54. The summed E-state index contributed by atoms with van der Waals surface area (Å²) in [4.78, 5) is 0. The van der Waals surface area contributed by atoms with Crippen LogP contribution >= 0.6 is 0 Å². The standard InChI is InChI=1S/C13H23N3O/c1-11-3-2-4-13(7-11)14-8-12-9-15-16(10-12)5-6-17/h9-11,13-14,17H,2-8H2,1H3. The number of rotatable bonds is 5. The molecule has 4 nitrogen and oxygen atoms in total. The second kappa shape index (κ2) is 6.17. The molecule has 17 heavy (non-hydrogen) atoms. The van der Waals surface area contributed by atoms with E-state index in [1.54, 1.807) is 4.68 Å². The lowest BCUT2D eigenvalue weighted by molar-refractivity contribution is 0.269. The summed E-state index contributed by atoms with van der Waals surface area (Å²) in [6, 6.07) is 0.667. The Hall–Kier alpha value is -0.870. The molecule has 96 valence electrons. The highest BCUT2D eigenvalue weighted by Gasteiger charge is 2.18. The molecule has 1 saturated carbocycles. The fourth-order valence-corrected chi connectivity index (χ4v) is 2.60. The molecule has 1 aliphatic rings. The summed E-state index contributed by atoms with van der Waals surface area (Å²) in [7, 11) is 0. The first-order valence-electron chi connectivity index (χ1n) is 6.63. The van der Waals surface area contributed by atoms with Crippen LogP contribution in [0.4, 0.5) is 0 Å². The van der Waals surface area contributed by atoms with Crippen molar-refractivity contribution in [3.63, 3.8) is 0 Å². The first kappa shape index (κ1) is 12.6. The van der Waals surface area contributed by atoms with Gasteiger partial charge in [-0.1, -0.05) is 19.8 Å². The van der Waals surface area contributed by atoms with Crippen molar-refractivity contribution in [2.75, 3.05) is 6.61 Å². The maximum atomic E-state index is 8.82. The molecule has 1 aromatic heterocycles. The predicted molar refractivity (Wildman–Crippen MR) is 67.6 cm³/mol. The van der Waals surface area contributed by atoms with E-state index in [1.165, 1.54) is 31.2 Å². The van der Waals surface area contributed by atoms with Crippen molar-refractivity contribution in [2.24, 2.45) is 5.92 Å². The van der Waals surface area contributed by atoms with E-state index in [4.69, 9.17) is 5.11 Å². The Morgan fingerprint density at radius 3 is 3.18 bits per heavy atom. The van der Waals surface area contributed by atoms with Crippen LogP contribution in [0.15, 0.2) is 12.4 Å². The lowest BCUT2D eigenvalue weighted by atomic mass is 9.87. The third-order valence-electron chi connectivity index (χ3n) is 3.55. The van der Waals surface area contributed by atoms with Crippen molar-refractivity contribution in [3.05, 3.63) is 18.0 Å². The number of aliphatic hydroxyl groups is 1. The van der Waals surface area contributed by atoms with E-state index < -0.39 is 0 Å². The lowest BCUT2D eigenvalue weighted by Gasteiger charge is -2.27. The van der Waals surface area contributed by atoms with Crippen molar-refractivity contribution in [3.8, 4) is 0 Å². The molecule has 0 spiro atoms. The molecule has 1 aromatic rings. The Morgan fingerprint density at radius 1 is 1.53 bits per heavy atom. The topological polar surface area (TPSA) is 50.1 Å². The molecular weight excluding hydrogens is 214 g/mol. The summed E-state index contributed by atoms with van der Waals surface area (Å²) in [5.74, 6) is 0.860. The van der Waals surface area contributed by atoms with Gasteiger partial charge < -0.3 is 10.4 Å². The van der Waals surface area contributed by atoms with Gasteiger partial charge in [0.15, 0.2) is 0 Å². The zero-order chi connectivity index (χ0) is 12.1. The van der Waals surface area contributed by atoms with E-state index in [0.717, 1.165) is 12.5 Å². The van der Waals surface area contributed by atoms with Gasteiger partial charge in [-0.3, -0.25) is 4.68 Å². The third kappa shape index (κ3) is 3.82. The van der Waals surface area contributed by atoms with Crippen LogP contribution in [0.5, 0.6) is 0 Å². The molecule has 0 saturated heterocycles. The van der Waals surface area contributed by atoms with Gasteiger partial charge in [-0.15, -0.1) is 0 Å². The molecule has 2 N–H and O–H groups in total. The maximum Gasteiger partial charge on any atom is 0.0640 e. The molecule has 0 aromatic carbocycles. The first-order chi connectivity index (χ1) is 8.28. The molecule has 2 rings (SSSR count). The van der Waals surface area contributed by atoms with E-state index in [9.17, 15) is 0 Å². The van der Waals surface area contributed by atoms with Gasteiger partial charge >= 0.3 is 0 Å². The van der Waals surface area contributed by atoms with Crippen LogP contribution in [-0.2, 0) is 13.1 Å². The molecule has 0 radical (unpaired) electrons. The Bertz CT molecular complexity index is 337. The molecule has 2 unspecified atom stereocenters. The normalized spacial score (nSPS) is 25.1. The molecule has 4 heteroatoms. The van der Waals surface area contributed by atoms with Gasteiger partial charge in [0.05, 0.1) is 19.3 Å². The van der Waals surface area contributed by atoms with Gasteiger partial charge in [0.25, 0.3) is 0 Å². The van der Waals surface area contributed by atoms with Crippen molar-refractivity contribution >= 4 is 0 Å². The van der Waals surface area contributed by atoms with Crippen LogP contribution < -0.4 is 5.32 Å². The van der Waals surface area contributed by atoms with Crippen LogP contribution in [0.1, 0.15) is 38.2 Å². The van der Waals surface area contributed by atoms with Crippen molar-refractivity contribution < 1.29 is 5.11 Å². The van der Waals surface area contributed by atoms with E-state index in [1.807, 2.05) is 12.4 Å². The van der Waals surface area contributed by atoms with E-state index in [2.05, 4.69) is 17.3 Å². The molecular formula is C13H23N3O. The Labute approximate surface area is 103 Å². The van der Waals surface area contributed by atoms with Crippen LogP contribution in [0.3, 0.4) is 0 Å².